The van der Waals surface area contributed by atoms with Crippen LogP contribution in [0.2, 0.25) is 0 Å². The molecule has 1 N–H and O–H groups in total. The van der Waals surface area contributed by atoms with Crippen molar-refractivity contribution in [2.45, 2.75) is 17.4 Å². The Kier molecular flexibility index (Phi) is 4.13. The Morgan fingerprint density at radius 2 is 1.90 bits per heavy atom. The average molecular weight is 348 g/mol. The van der Waals surface area contributed by atoms with Crippen molar-refractivity contribution in [2.24, 2.45) is 0 Å². The minimum absolute atomic E-state index is 0.0239. The Morgan fingerprint density at radius 1 is 1.15 bits per heavy atom. The number of hydrogen-bond acceptors (Lipinski definition) is 2. The normalized spacial score (nSPS) is 17.4. The second-order valence-corrected chi connectivity index (χ2v) is 6.67. The fourth-order valence-electron chi connectivity index (χ4n) is 2.37. The standard InChI is InChI=1S/C16H14BrNOS/c17-13-7-3-1-5-11(13)16(19)18-14-9-10-20-15-8-4-2-6-12(14)15/h1-8,14H,9-10H2,(H,18,19)/t14-/m1/s1. The molecule has 0 spiro atoms. The van der Waals surface area contributed by atoms with E-state index in [0.717, 1.165) is 16.6 Å². The summed E-state index contributed by atoms with van der Waals surface area (Å²) in [5, 5.41) is 3.15. The maximum atomic E-state index is 12.4. The van der Waals surface area contributed by atoms with E-state index < -0.39 is 0 Å². The van der Waals surface area contributed by atoms with E-state index >= 15 is 0 Å². The van der Waals surface area contributed by atoms with Crippen LogP contribution in [0.1, 0.15) is 28.4 Å². The predicted molar refractivity (Wildman–Crippen MR) is 86.1 cm³/mol. The summed E-state index contributed by atoms with van der Waals surface area (Å²) >= 11 is 5.29. The molecule has 0 fully saturated rings. The van der Waals surface area contributed by atoms with Crippen molar-refractivity contribution in [1.82, 2.24) is 5.32 Å². The third-order valence-corrected chi connectivity index (χ3v) is 5.20. The number of thioether (sulfide) groups is 1. The number of benzene rings is 2. The molecule has 1 atom stereocenters. The third-order valence-electron chi connectivity index (χ3n) is 3.38. The first kappa shape index (κ1) is 13.7. The molecule has 102 valence electrons. The maximum Gasteiger partial charge on any atom is 0.252 e. The first-order chi connectivity index (χ1) is 9.75. The molecule has 1 aliphatic heterocycles. The molecule has 0 aromatic heterocycles. The molecule has 1 heterocycles. The van der Waals surface area contributed by atoms with Crippen LogP contribution in [-0.4, -0.2) is 11.7 Å². The van der Waals surface area contributed by atoms with Gasteiger partial charge in [-0.05, 0) is 46.1 Å². The van der Waals surface area contributed by atoms with E-state index in [4.69, 9.17) is 0 Å². The quantitative estimate of drug-likeness (QED) is 0.871. The van der Waals surface area contributed by atoms with E-state index in [2.05, 4.69) is 33.4 Å². The zero-order chi connectivity index (χ0) is 13.9. The van der Waals surface area contributed by atoms with Crippen molar-refractivity contribution in [1.29, 1.82) is 0 Å². The number of carbonyl (C=O) groups is 1. The first-order valence-electron chi connectivity index (χ1n) is 6.53. The summed E-state index contributed by atoms with van der Waals surface area (Å²) in [6.45, 7) is 0. The number of fused-ring (bicyclic) bond motifs is 1. The molecule has 0 bridgehead atoms. The first-order valence-corrected chi connectivity index (χ1v) is 8.30. The van der Waals surface area contributed by atoms with Crippen molar-refractivity contribution < 1.29 is 4.79 Å². The lowest BCUT2D eigenvalue weighted by molar-refractivity contribution is 0.0934. The van der Waals surface area contributed by atoms with E-state index in [1.807, 2.05) is 48.2 Å². The van der Waals surface area contributed by atoms with Gasteiger partial charge in [0, 0.05) is 15.1 Å². The smallest absolute Gasteiger partial charge is 0.252 e. The summed E-state index contributed by atoms with van der Waals surface area (Å²) in [7, 11) is 0. The van der Waals surface area contributed by atoms with Crippen molar-refractivity contribution in [3.05, 3.63) is 64.1 Å². The molecule has 4 heteroatoms. The fourth-order valence-corrected chi connectivity index (χ4v) is 3.96. The van der Waals surface area contributed by atoms with Crippen LogP contribution in [0.5, 0.6) is 0 Å². The lowest BCUT2D eigenvalue weighted by Gasteiger charge is -2.26. The van der Waals surface area contributed by atoms with E-state index in [1.54, 1.807) is 0 Å². The highest BCUT2D eigenvalue weighted by Crippen LogP contribution is 2.36. The molecule has 0 saturated heterocycles. The van der Waals surface area contributed by atoms with E-state index in [9.17, 15) is 4.79 Å². The number of rotatable bonds is 2. The van der Waals surface area contributed by atoms with Gasteiger partial charge in [-0.1, -0.05) is 30.3 Å². The van der Waals surface area contributed by atoms with Gasteiger partial charge >= 0.3 is 0 Å². The summed E-state index contributed by atoms with van der Waals surface area (Å²) < 4.78 is 0.830. The third kappa shape index (κ3) is 2.76. The second-order valence-electron chi connectivity index (χ2n) is 4.68. The summed E-state index contributed by atoms with van der Waals surface area (Å²) in [5.41, 5.74) is 1.91. The molecule has 20 heavy (non-hydrogen) atoms. The molecule has 3 rings (SSSR count). The van der Waals surface area contributed by atoms with Crippen LogP contribution in [0.25, 0.3) is 0 Å². The summed E-state index contributed by atoms with van der Waals surface area (Å²) in [5.74, 6) is 1.02. The number of halogens is 1. The Labute approximate surface area is 131 Å². The highest BCUT2D eigenvalue weighted by atomic mass is 79.9. The highest BCUT2D eigenvalue weighted by molar-refractivity contribution is 9.10. The second kappa shape index (κ2) is 6.02. The molecule has 0 saturated carbocycles. The topological polar surface area (TPSA) is 29.1 Å². The van der Waals surface area contributed by atoms with Crippen molar-refractivity contribution in [3.63, 3.8) is 0 Å². The van der Waals surface area contributed by atoms with Crippen LogP contribution in [0.4, 0.5) is 0 Å². The molecule has 1 amide bonds. The summed E-state index contributed by atoms with van der Waals surface area (Å²) in [6, 6.07) is 15.9. The molecular formula is C16H14BrNOS. The average Bonchev–Trinajstić information content (AvgIpc) is 2.48. The van der Waals surface area contributed by atoms with Gasteiger partial charge in [-0.25, -0.2) is 0 Å². The Morgan fingerprint density at radius 3 is 2.75 bits per heavy atom. The molecular weight excluding hydrogens is 334 g/mol. The highest BCUT2D eigenvalue weighted by Gasteiger charge is 2.22. The van der Waals surface area contributed by atoms with Crippen molar-refractivity contribution in [2.75, 3.05) is 5.75 Å². The van der Waals surface area contributed by atoms with Crippen LogP contribution in [0.15, 0.2) is 57.9 Å². The lowest BCUT2D eigenvalue weighted by Crippen LogP contribution is -2.30. The van der Waals surface area contributed by atoms with E-state index in [1.165, 1.54) is 10.5 Å². The van der Waals surface area contributed by atoms with Crippen molar-refractivity contribution >= 4 is 33.6 Å². The van der Waals surface area contributed by atoms with Crippen LogP contribution in [0.3, 0.4) is 0 Å². The predicted octanol–water partition coefficient (Wildman–Crippen LogP) is 4.42. The van der Waals surface area contributed by atoms with Gasteiger partial charge in [0.2, 0.25) is 0 Å². The molecule has 0 aliphatic carbocycles. The van der Waals surface area contributed by atoms with Gasteiger partial charge in [0.1, 0.15) is 0 Å². The van der Waals surface area contributed by atoms with Crippen LogP contribution in [0, 0.1) is 0 Å². The van der Waals surface area contributed by atoms with Gasteiger partial charge in [0.15, 0.2) is 0 Å². The number of carbonyl (C=O) groups excluding carboxylic acids is 1. The van der Waals surface area contributed by atoms with Crippen molar-refractivity contribution in [3.8, 4) is 0 Å². The van der Waals surface area contributed by atoms with E-state index in [-0.39, 0.29) is 11.9 Å². The van der Waals surface area contributed by atoms with Crippen LogP contribution >= 0.6 is 27.7 Å². The molecule has 0 unspecified atom stereocenters. The van der Waals surface area contributed by atoms with E-state index in [0.29, 0.717) is 5.56 Å². The molecule has 2 aromatic rings. The zero-order valence-electron chi connectivity index (χ0n) is 10.8. The molecule has 1 aliphatic rings. The number of hydrogen-bond donors (Lipinski definition) is 1. The Balaban J connectivity index is 1.83. The minimum Gasteiger partial charge on any atom is -0.345 e. The fraction of sp³-hybridized carbons (Fsp3) is 0.188. The maximum absolute atomic E-state index is 12.4. The zero-order valence-corrected chi connectivity index (χ0v) is 13.2. The van der Waals surface area contributed by atoms with Gasteiger partial charge in [-0.2, -0.15) is 0 Å². The molecule has 2 nitrogen and oxygen atoms in total. The summed E-state index contributed by atoms with van der Waals surface area (Å²) in [4.78, 5) is 13.7. The van der Waals surface area contributed by atoms with Crippen LogP contribution in [-0.2, 0) is 0 Å². The van der Waals surface area contributed by atoms with Gasteiger partial charge in [-0.15, -0.1) is 11.8 Å². The monoisotopic (exact) mass is 347 g/mol. The van der Waals surface area contributed by atoms with Crippen LogP contribution < -0.4 is 5.32 Å². The molecule has 0 radical (unpaired) electrons. The van der Waals surface area contributed by atoms with Gasteiger partial charge in [0.25, 0.3) is 5.91 Å². The number of amides is 1. The summed E-state index contributed by atoms with van der Waals surface area (Å²) in [6.07, 6.45) is 0.970. The lowest BCUT2D eigenvalue weighted by atomic mass is 10.0. The van der Waals surface area contributed by atoms with Gasteiger partial charge in [0.05, 0.1) is 11.6 Å². The number of nitrogens with one attached hydrogen (secondary N) is 1. The SMILES string of the molecule is O=C(N[C@@H]1CCSc2ccccc21)c1ccccc1Br. The molecule has 2 aromatic carbocycles. The van der Waals surface area contributed by atoms with Gasteiger partial charge in [-0.3, -0.25) is 4.79 Å². The minimum atomic E-state index is -0.0239. The largest absolute Gasteiger partial charge is 0.345 e. The van der Waals surface area contributed by atoms with Gasteiger partial charge < -0.3 is 5.32 Å². The Bertz CT molecular complexity index is 644. The Hall–Kier alpha value is -1.26.